The summed E-state index contributed by atoms with van der Waals surface area (Å²) in [5, 5.41) is 5.70. The highest BCUT2D eigenvalue weighted by atomic mass is 32.2. The minimum Gasteiger partial charge on any atom is -0.363 e. The van der Waals surface area contributed by atoms with Crippen LogP contribution in [0.25, 0.3) is 0 Å². The number of benzene rings is 1. The molecule has 5 nitrogen and oxygen atoms in total. The van der Waals surface area contributed by atoms with Gasteiger partial charge in [-0.05, 0) is 44.8 Å². The van der Waals surface area contributed by atoms with Crippen molar-refractivity contribution in [1.82, 2.24) is 20.2 Å². The SMILES string of the molecule is Cc1nc(CCSCC2=CSC(N(C)C)N2)[nH]c(=O)c1CCc1ccccc1. The number of hydrogen-bond acceptors (Lipinski definition) is 6. The molecule has 2 aromatic rings. The van der Waals surface area contributed by atoms with E-state index in [0.29, 0.717) is 5.50 Å². The number of aryl methyl sites for hydroxylation is 3. The van der Waals surface area contributed by atoms with E-state index in [2.05, 4.69) is 51.8 Å². The van der Waals surface area contributed by atoms with Crippen LogP contribution in [0.5, 0.6) is 0 Å². The second-order valence-corrected chi connectivity index (χ2v) is 9.16. The Balaban J connectivity index is 1.47. The maximum atomic E-state index is 12.5. The van der Waals surface area contributed by atoms with Crippen LogP contribution in [0.3, 0.4) is 0 Å². The van der Waals surface area contributed by atoms with Crippen molar-refractivity contribution in [2.45, 2.75) is 31.7 Å². The van der Waals surface area contributed by atoms with Crippen molar-refractivity contribution in [3.05, 3.63) is 74.4 Å². The molecule has 1 aromatic carbocycles. The average molecular weight is 417 g/mol. The molecule has 1 unspecified atom stereocenters. The molecule has 0 amide bonds. The van der Waals surface area contributed by atoms with Crippen LogP contribution < -0.4 is 10.9 Å². The third-order valence-corrected chi connectivity index (χ3v) is 6.86. The van der Waals surface area contributed by atoms with Gasteiger partial charge < -0.3 is 10.3 Å². The second-order valence-electron chi connectivity index (χ2n) is 7.10. The van der Waals surface area contributed by atoms with Crippen LogP contribution >= 0.6 is 23.5 Å². The van der Waals surface area contributed by atoms with E-state index in [-0.39, 0.29) is 5.56 Å². The fourth-order valence-corrected chi connectivity index (χ4v) is 4.93. The van der Waals surface area contributed by atoms with Gasteiger partial charge in [-0.1, -0.05) is 42.1 Å². The molecule has 7 heteroatoms. The number of H-pyrrole nitrogens is 1. The van der Waals surface area contributed by atoms with Crippen molar-refractivity contribution in [3.8, 4) is 0 Å². The quantitative estimate of drug-likeness (QED) is 0.613. The van der Waals surface area contributed by atoms with Gasteiger partial charge in [0.05, 0.1) is 0 Å². The Morgan fingerprint density at radius 3 is 2.64 bits per heavy atom. The highest BCUT2D eigenvalue weighted by Crippen LogP contribution is 2.24. The molecule has 1 atom stereocenters. The molecule has 28 heavy (non-hydrogen) atoms. The lowest BCUT2D eigenvalue weighted by Crippen LogP contribution is -2.35. The summed E-state index contributed by atoms with van der Waals surface area (Å²) >= 11 is 3.66. The maximum Gasteiger partial charge on any atom is 0.254 e. The zero-order chi connectivity index (χ0) is 19.9. The van der Waals surface area contributed by atoms with Gasteiger partial charge in [-0.25, -0.2) is 4.98 Å². The van der Waals surface area contributed by atoms with Gasteiger partial charge in [0.15, 0.2) is 0 Å². The molecule has 1 aliphatic heterocycles. The van der Waals surface area contributed by atoms with E-state index in [1.165, 1.54) is 11.3 Å². The Labute approximate surface area is 175 Å². The summed E-state index contributed by atoms with van der Waals surface area (Å²) in [6, 6.07) is 10.3. The Hall–Kier alpha value is -1.70. The molecule has 0 saturated carbocycles. The highest BCUT2D eigenvalue weighted by molar-refractivity contribution is 8.03. The monoisotopic (exact) mass is 416 g/mol. The van der Waals surface area contributed by atoms with Crippen LogP contribution in [0.15, 0.2) is 46.2 Å². The topological polar surface area (TPSA) is 61.0 Å². The van der Waals surface area contributed by atoms with Gasteiger partial charge in [0.2, 0.25) is 0 Å². The first-order valence-corrected chi connectivity index (χ1v) is 11.6. The first-order valence-electron chi connectivity index (χ1n) is 9.50. The molecule has 0 spiro atoms. The Bertz CT molecular complexity index is 864. The van der Waals surface area contributed by atoms with Gasteiger partial charge >= 0.3 is 0 Å². The van der Waals surface area contributed by atoms with Crippen molar-refractivity contribution >= 4 is 23.5 Å². The zero-order valence-electron chi connectivity index (χ0n) is 16.7. The molecule has 0 saturated heterocycles. The van der Waals surface area contributed by atoms with Crippen LogP contribution in [0.4, 0.5) is 0 Å². The third kappa shape index (κ3) is 5.90. The van der Waals surface area contributed by atoms with Crippen molar-refractivity contribution < 1.29 is 0 Å². The van der Waals surface area contributed by atoms with Crippen molar-refractivity contribution in [3.63, 3.8) is 0 Å². The van der Waals surface area contributed by atoms with E-state index in [1.807, 2.05) is 36.9 Å². The molecule has 0 aliphatic carbocycles. The van der Waals surface area contributed by atoms with Gasteiger partial charge in [0, 0.05) is 34.9 Å². The molecule has 0 radical (unpaired) electrons. The molecule has 0 bridgehead atoms. The number of hydrogen-bond donors (Lipinski definition) is 2. The Kier molecular flexibility index (Phi) is 7.65. The first-order chi connectivity index (χ1) is 13.5. The molecule has 1 aliphatic rings. The van der Waals surface area contributed by atoms with Gasteiger partial charge in [0.25, 0.3) is 5.56 Å². The summed E-state index contributed by atoms with van der Waals surface area (Å²) in [7, 11) is 4.14. The lowest BCUT2D eigenvalue weighted by atomic mass is 10.0. The number of rotatable bonds is 9. The predicted molar refractivity (Wildman–Crippen MR) is 121 cm³/mol. The van der Waals surface area contributed by atoms with Crippen LogP contribution in [-0.4, -0.2) is 46.0 Å². The molecule has 3 rings (SSSR count). The maximum absolute atomic E-state index is 12.5. The molecular weight excluding hydrogens is 388 g/mol. The molecule has 2 N–H and O–H groups in total. The zero-order valence-corrected chi connectivity index (χ0v) is 18.3. The minimum absolute atomic E-state index is 0.00817. The predicted octanol–water partition coefficient (Wildman–Crippen LogP) is 3.16. The van der Waals surface area contributed by atoms with E-state index in [9.17, 15) is 4.79 Å². The summed E-state index contributed by atoms with van der Waals surface area (Å²) < 4.78 is 0. The van der Waals surface area contributed by atoms with Gasteiger partial charge in [0.1, 0.15) is 11.3 Å². The molecule has 2 heterocycles. The van der Waals surface area contributed by atoms with Crippen LogP contribution in [0, 0.1) is 6.92 Å². The Morgan fingerprint density at radius 1 is 1.18 bits per heavy atom. The summed E-state index contributed by atoms with van der Waals surface area (Å²) in [5.74, 6) is 2.67. The fraction of sp³-hybridized carbons (Fsp3) is 0.429. The lowest BCUT2D eigenvalue weighted by molar-refractivity contribution is 0.358. The molecule has 1 aromatic heterocycles. The van der Waals surface area contributed by atoms with Crippen molar-refractivity contribution in [1.29, 1.82) is 0 Å². The number of aromatic amines is 1. The van der Waals surface area contributed by atoms with Crippen LogP contribution in [0.1, 0.15) is 22.6 Å². The number of nitrogens with one attached hydrogen (secondary N) is 2. The normalized spacial score (nSPS) is 16.3. The molecule has 150 valence electrons. The van der Waals surface area contributed by atoms with E-state index < -0.39 is 0 Å². The van der Waals surface area contributed by atoms with Crippen molar-refractivity contribution in [2.24, 2.45) is 0 Å². The van der Waals surface area contributed by atoms with E-state index in [4.69, 9.17) is 0 Å². The molecule has 0 fully saturated rings. The number of thioether (sulfide) groups is 2. The fourth-order valence-electron chi connectivity index (χ4n) is 3.05. The van der Waals surface area contributed by atoms with Gasteiger partial charge in [-0.15, -0.1) is 0 Å². The number of aromatic nitrogens is 2. The standard InChI is InChI=1S/C21H28N4OS2/c1-15-18(10-9-16-7-5-4-6-8-16)20(26)24-19(22-15)11-12-27-13-17-14-28-21(23-17)25(2)3/h4-8,14,21,23H,9-13H2,1-3H3,(H,22,24,26). The minimum atomic E-state index is 0.00817. The average Bonchev–Trinajstić information content (AvgIpc) is 3.15. The molecular formula is C21H28N4OS2. The second kappa shape index (κ2) is 10.2. The lowest BCUT2D eigenvalue weighted by Gasteiger charge is -2.19. The highest BCUT2D eigenvalue weighted by Gasteiger charge is 2.17. The Morgan fingerprint density at radius 2 is 1.96 bits per heavy atom. The van der Waals surface area contributed by atoms with Crippen LogP contribution in [-0.2, 0) is 19.3 Å². The van der Waals surface area contributed by atoms with E-state index in [0.717, 1.165) is 47.8 Å². The largest absolute Gasteiger partial charge is 0.363 e. The van der Waals surface area contributed by atoms with E-state index >= 15 is 0 Å². The van der Waals surface area contributed by atoms with Gasteiger partial charge in [-0.3, -0.25) is 9.69 Å². The van der Waals surface area contributed by atoms with E-state index in [1.54, 1.807) is 11.8 Å². The van der Waals surface area contributed by atoms with Gasteiger partial charge in [-0.2, -0.15) is 11.8 Å². The summed E-state index contributed by atoms with van der Waals surface area (Å²) in [6.45, 7) is 1.94. The summed E-state index contributed by atoms with van der Waals surface area (Å²) in [6.07, 6.45) is 2.35. The summed E-state index contributed by atoms with van der Waals surface area (Å²) in [5.41, 5.74) is 4.50. The first kappa shape index (κ1) is 21.0. The van der Waals surface area contributed by atoms with Crippen molar-refractivity contribution in [2.75, 3.05) is 25.6 Å². The smallest absolute Gasteiger partial charge is 0.254 e. The summed E-state index contributed by atoms with van der Waals surface area (Å²) in [4.78, 5) is 22.3. The third-order valence-electron chi connectivity index (χ3n) is 4.64. The van der Waals surface area contributed by atoms with Crippen LogP contribution in [0.2, 0.25) is 0 Å². The number of nitrogens with zero attached hydrogens (tertiary/aromatic N) is 2.